The van der Waals surface area contributed by atoms with Gasteiger partial charge in [0.1, 0.15) is 17.3 Å². The molecule has 2 heterocycles. The second kappa shape index (κ2) is 6.51. The van der Waals surface area contributed by atoms with Gasteiger partial charge in [-0.3, -0.25) is 9.59 Å². The van der Waals surface area contributed by atoms with E-state index < -0.39 is 11.4 Å². The zero-order valence-corrected chi connectivity index (χ0v) is 16.0. The molecule has 146 valence electrons. The van der Waals surface area contributed by atoms with Gasteiger partial charge in [-0.1, -0.05) is 12.1 Å². The van der Waals surface area contributed by atoms with Gasteiger partial charge in [-0.25, -0.2) is 4.39 Å². The summed E-state index contributed by atoms with van der Waals surface area (Å²) in [5.74, 6) is -0.186. The molecule has 0 N–H and O–H groups in total. The van der Waals surface area contributed by atoms with Crippen molar-refractivity contribution in [2.45, 2.75) is 18.5 Å². The fraction of sp³-hybridized carbons (Fsp3) is 0.333. The Morgan fingerprint density at radius 2 is 1.82 bits per heavy atom. The lowest BCUT2D eigenvalue weighted by atomic mass is 9.86. The highest BCUT2D eigenvalue weighted by Crippen LogP contribution is 2.50. The number of fused-ring (bicyclic) bond motifs is 2. The Morgan fingerprint density at radius 1 is 1.11 bits per heavy atom. The molecule has 0 aliphatic carbocycles. The molecular weight excluding hydrogens is 363 g/mol. The average molecular weight is 384 g/mol. The van der Waals surface area contributed by atoms with Gasteiger partial charge in [-0.05, 0) is 23.8 Å². The molecule has 1 atom stereocenters. The number of halogens is 1. The molecule has 28 heavy (non-hydrogen) atoms. The van der Waals surface area contributed by atoms with Crippen LogP contribution in [-0.4, -0.2) is 49.4 Å². The van der Waals surface area contributed by atoms with Crippen molar-refractivity contribution in [1.29, 1.82) is 0 Å². The maximum atomic E-state index is 14.1. The minimum Gasteiger partial charge on any atom is -0.497 e. The van der Waals surface area contributed by atoms with Gasteiger partial charge in [-0.15, -0.1) is 0 Å². The maximum absolute atomic E-state index is 14.1. The zero-order valence-electron chi connectivity index (χ0n) is 16.0. The quantitative estimate of drug-likeness (QED) is 0.813. The van der Waals surface area contributed by atoms with E-state index >= 15 is 0 Å². The molecule has 0 saturated carbocycles. The molecule has 2 aliphatic heterocycles. The number of ether oxygens (including phenoxy) is 2. The van der Waals surface area contributed by atoms with Crippen molar-refractivity contribution in [2.24, 2.45) is 0 Å². The number of benzene rings is 2. The highest BCUT2D eigenvalue weighted by Gasteiger charge is 2.60. The number of hydrogen-bond acceptors (Lipinski definition) is 4. The van der Waals surface area contributed by atoms with Crippen LogP contribution >= 0.6 is 0 Å². The Bertz CT molecular complexity index is 960. The standard InChI is InChI=1S/C21H21FN2O4/c1-23-9-8-21(20(23)26)18-16(10-14(22)11-17(18)28-3)19(25)24(21)12-13-4-6-15(27-2)7-5-13/h4-7,10-11H,8-9,12H2,1-3H3/t21-/m1/s1. The molecule has 2 aromatic carbocycles. The van der Waals surface area contributed by atoms with Crippen LogP contribution in [0.2, 0.25) is 0 Å². The maximum Gasteiger partial charge on any atom is 0.255 e. The van der Waals surface area contributed by atoms with E-state index in [2.05, 4.69) is 0 Å². The highest BCUT2D eigenvalue weighted by molar-refractivity contribution is 6.08. The second-order valence-corrected chi connectivity index (χ2v) is 7.11. The van der Waals surface area contributed by atoms with Gasteiger partial charge in [0.15, 0.2) is 5.54 Å². The Kier molecular flexibility index (Phi) is 4.25. The van der Waals surface area contributed by atoms with E-state index in [1.165, 1.54) is 19.2 Å². The Balaban J connectivity index is 1.85. The van der Waals surface area contributed by atoms with Crippen molar-refractivity contribution in [3.63, 3.8) is 0 Å². The molecule has 7 heteroatoms. The molecule has 1 fully saturated rings. The summed E-state index contributed by atoms with van der Waals surface area (Å²) >= 11 is 0. The van der Waals surface area contributed by atoms with Gasteiger partial charge in [0.25, 0.3) is 11.8 Å². The first kappa shape index (κ1) is 18.3. The number of carbonyl (C=O) groups excluding carboxylic acids is 2. The number of amides is 2. The van der Waals surface area contributed by atoms with Crippen LogP contribution in [0.25, 0.3) is 0 Å². The normalized spacial score (nSPS) is 20.9. The Hall–Kier alpha value is -3.09. The number of likely N-dealkylation sites (N-methyl/N-ethyl adjacent to an activating group) is 1. The van der Waals surface area contributed by atoms with E-state index in [1.54, 1.807) is 36.1 Å². The van der Waals surface area contributed by atoms with Gasteiger partial charge in [0, 0.05) is 38.2 Å². The summed E-state index contributed by atoms with van der Waals surface area (Å²) in [4.78, 5) is 29.7. The summed E-state index contributed by atoms with van der Waals surface area (Å²) in [6.45, 7) is 0.729. The topological polar surface area (TPSA) is 59.1 Å². The van der Waals surface area contributed by atoms with Crippen LogP contribution < -0.4 is 9.47 Å². The van der Waals surface area contributed by atoms with Gasteiger partial charge in [0.2, 0.25) is 0 Å². The van der Waals surface area contributed by atoms with Crippen LogP contribution in [0.4, 0.5) is 4.39 Å². The number of carbonyl (C=O) groups is 2. The molecule has 0 unspecified atom stereocenters. The predicted molar refractivity (Wildman–Crippen MR) is 99.8 cm³/mol. The summed E-state index contributed by atoms with van der Waals surface area (Å²) in [6.07, 6.45) is 0.430. The molecule has 0 bridgehead atoms. The minimum absolute atomic E-state index is 0.182. The minimum atomic E-state index is -1.18. The van der Waals surface area contributed by atoms with E-state index in [0.29, 0.717) is 24.3 Å². The van der Waals surface area contributed by atoms with E-state index in [-0.39, 0.29) is 29.7 Å². The SMILES string of the molecule is COc1ccc(CN2C(=O)c3cc(F)cc(OC)c3[C@@]23CCN(C)C3=O)cc1. The Morgan fingerprint density at radius 3 is 2.39 bits per heavy atom. The van der Waals surface area contributed by atoms with Gasteiger partial charge >= 0.3 is 0 Å². The van der Waals surface area contributed by atoms with Crippen molar-refractivity contribution in [3.8, 4) is 11.5 Å². The van der Waals surface area contributed by atoms with Crippen LogP contribution in [-0.2, 0) is 16.9 Å². The fourth-order valence-corrected chi connectivity index (χ4v) is 4.25. The number of likely N-dealkylation sites (tertiary alicyclic amines) is 1. The van der Waals surface area contributed by atoms with Crippen molar-refractivity contribution in [2.75, 3.05) is 27.8 Å². The average Bonchev–Trinajstić information content (AvgIpc) is 3.12. The van der Waals surface area contributed by atoms with Crippen molar-refractivity contribution >= 4 is 11.8 Å². The zero-order chi connectivity index (χ0) is 20.1. The van der Waals surface area contributed by atoms with Crippen LogP contribution in [0.15, 0.2) is 36.4 Å². The first-order valence-electron chi connectivity index (χ1n) is 9.01. The lowest BCUT2D eigenvalue weighted by molar-refractivity contribution is -0.136. The van der Waals surface area contributed by atoms with Crippen LogP contribution in [0, 0.1) is 5.82 Å². The first-order chi connectivity index (χ1) is 13.4. The Labute approximate surface area is 162 Å². The highest BCUT2D eigenvalue weighted by atomic mass is 19.1. The number of methoxy groups -OCH3 is 2. The molecular formula is C21H21FN2O4. The van der Waals surface area contributed by atoms with E-state index in [1.807, 2.05) is 12.1 Å². The second-order valence-electron chi connectivity index (χ2n) is 7.11. The molecule has 0 radical (unpaired) electrons. The summed E-state index contributed by atoms with van der Waals surface area (Å²) in [5.41, 5.74) is 0.321. The lowest BCUT2D eigenvalue weighted by Gasteiger charge is -2.34. The van der Waals surface area contributed by atoms with Crippen molar-refractivity contribution in [3.05, 3.63) is 58.9 Å². The number of rotatable bonds is 4. The molecule has 0 aromatic heterocycles. The van der Waals surface area contributed by atoms with Gasteiger partial charge in [0.05, 0.1) is 19.8 Å². The predicted octanol–water partition coefficient (Wildman–Crippen LogP) is 2.56. The fourth-order valence-electron chi connectivity index (χ4n) is 4.25. The third kappa shape index (κ3) is 2.46. The lowest BCUT2D eigenvalue weighted by Crippen LogP contribution is -2.48. The summed E-state index contributed by atoms with van der Waals surface area (Å²) in [5, 5.41) is 0. The third-order valence-electron chi connectivity index (χ3n) is 5.65. The van der Waals surface area contributed by atoms with E-state index in [0.717, 1.165) is 5.56 Å². The summed E-state index contributed by atoms with van der Waals surface area (Å²) < 4.78 is 24.7. The van der Waals surface area contributed by atoms with Gasteiger partial charge < -0.3 is 19.3 Å². The smallest absolute Gasteiger partial charge is 0.255 e. The largest absolute Gasteiger partial charge is 0.497 e. The van der Waals surface area contributed by atoms with E-state index in [9.17, 15) is 14.0 Å². The third-order valence-corrected chi connectivity index (χ3v) is 5.65. The molecule has 6 nitrogen and oxygen atoms in total. The summed E-state index contributed by atoms with van der Waals surface area (Å²) in [6, 6.07) is 9.74. The molecule has 2 amide bonds. The number of nitrogens with zero attached hydrogens (tertiary/aromatic N) is 2. The van der Waals surface area contributed by atoms with Crippen molar-refractivity contribution in [1.82, 2.24) is 9.80 Å². The molecule has 2 aromatic rings. The molecule has 4 rings (SSSR count). The summed E-state index contributed by atoms with van der Waals surface area (Å²) in [7, 11) is 4.71. The molecule has 1 saturated heterocycles. The van der Waals surface area contributed by atoms with E-state index in [4.69, 9.17) is 9.47 Å². The van der Waals surface area contributed by atoms with Crippen LogP contribution in [0.3, 0.4) is 0 Å². The first-order valence-corrected chi connectivity index (χ1v) is 9.01. The molecule has 2 aliphatic rings. The van der Waals surface area contributed by atoms with Crippen LogP contribution in [0.5, 0.6) is 11.5 Å². The monoisotopic (exact) mass is 384 g/mol. The van der Waals surface area contributed by atoms with Crippen molar-refractivity contribution < 1.29 is 23.5 Å². The van der Waals surface area contributed by atoms with Gasteiger partial charge in [-0.2, -0.15) is 0 Å². The molecule has 1 spiro atoms. The van der Waals surface area contributed by atoms with Crippen LogP contribution in [0.1, 0.15) is 27.9 Å². The number of hydrogen-bond donors (Lipinski definition) is 0.